The summed E-state index contributed by atoms with van der Waals surface area (Å²) in [7, 11) is 1.56. The number of benzene rings is 2. The molecule has 1 N–H and O–H groups in total. The van der Waals surface area contributed by atoms with Crippen molar-refractivity contribution >= 4 is 11.6 Å². The molecule has 0 aliphatic rings. The molecule has 0 fully saturated rings. The van der Waals surface area contributed by atoms with E-state index in [9.17, 15) is 9.18 Å². The maximum absolute atomic E-state index is 13.2. The quantitative estimate of drug-likeness (QED) is 0.686. The topological polar surface area (TPSA) is 91.2 Å². The standard InChI is InChI=1S/C18H18FN5O3/c1-3-27-16-9-12(7-8-15(16)26-2)18-21-23-24(22-18)11-17(25)20-14-6-4-5-13(19)10-14/h4-10H,3,11H2,1-2H3,(H,20,25). The lowest BCUT2D eigenvalue weighted by Crippen LogP contribution is -2.20. The van der Waals surface area contributed by atoms with E-state index < -0.39 is 11.7 Å². The van der Waals surface area contributed by atoms with Crippen LogP contribution in [0.25, 0.3) is 11.4 Å². The van der Waals surface area contributed by atoms with Crippen LogP contribution in [0.1, 0.15) is 6.92 Å². The molecule has 0 spiro atoms. The van der Waals surface area contributed by atoms with Crippen molar-refractivity contribution in [3.8, 4) is 22.9 Å². The minimum Gasteiger partial charge on any atom is -0.493 e. The highest BCUT2D eigenvalue weighted by atomic mass is 19.1. The first-order chi connectivity index (χ1) is 13.1. The molecule has 0 atom stereocenters. The number of anilines is 1. The summed E-state index contributed by atoms with van der Waals surface area (Å²) in [6.07, 6.45) is 0. The fourth-order valence-electron chi connectivity index (χ4n) is 2.41. The third-order valence-corrected chi connectivity index (χ3v) is 3.57. The predicted molar refractivity (Wildman–Crippen MR) is 96.0 cm³/mol. The van der Waals surface area contributed by atoms with E-state index in [-0.39, 0.29) is 6.54 Å². The zero-order valence-electron chi connectivity index (χ0n) is 14.8. The largest absolute Gasteiger partial charge is 0.493 e. The first-order valence-corrected chi connectivity index (χ1v) is 8.23. The molecule has 3 rings (SSSR count). The second-order valence-corrected chi connectivity index (χ2v) is 5.50. The molecule has 0 radical (unpaired) electrons. The van der Waals surface area contributed by atoms with E-state index in [0.29, 0.717) is 35.2 Å². The van der Waals surface area contributed by atoms with Gasteiger partial charge in [0.1, 0.15) is 12.4 Å². The molecule has 0 saturated carbocycles. The van der Waals surface area contributed by atoms with Crippen molar-refractivity contribution in [3.63, 3.8) is 0 Å². The van der Waals surface area contributed by atoms with Crippen molar-refractivity contribution in [1.29, 1.82) is 0 Å². The Morgan fingerprint density at radius 2 is 2.07 bits per heavy atom. The van der Waals surface area contributed by atoms with Gasteiger partial charge in [-0.15, -0.1) is 10.2 Å². The number of hydrogen-bond donors (Lipinski definition) is 1. The lowest BCUT2D eigenvalue weighted by Gasteiger charge is -2.09. The number of nitrogens with zero attached hydrogens (tertiary/aromatic N) is 4. The fraction of sp³-hybridized carbons (Fsp3) is 0.222. The molecular weight excluding hydrogens is 353 g/mol. The molecule has 27 heavy (non-hydrogen) atoms. The van der Waals surface area contributed by atoms with Gasteiger partial charge in [0, 0.05) is 11.3 Å². The van der Waals surface area contributed by atoms with Gasteiger partial charge >= 0.3 is 0 Å². The Morgan fingerprint density at radius 3 is 2.81 bits per heavy atom. The molecule has 0 saturated heterocycles. The summed E-state index contributed by atoms with van der Waals surface area (Å²) in [5, 5.41) is 14.6. The molecule has 1 amide bonds. The van der Waals surface area contributed by atoms with Crippen LogP contribution in [-0.2, 0) is 11.3 Å². The summed E-state index contributed by atoms with van der Waals surface area (Å²) in [6, 6.07) is 10.9. The third kappa shape index (κ3) is 4.57. The Balaban J connectivity index is 1.71. The molecule has 1 aromatic heterocycles. The number of nitrogens with one attached hydrogen (secondary N) is 1. The Morgan fingerprint density at radius 1 is 1.22 bits per heavy atom. The number of amides is 1. The number of tetrazole rings is 1. The summed E-state index contributed by atoms with van der Waals surface area (Å²) < 4.78 is 23.9. The molecular formula is C18H18FN5O3. The van der Waals surface area contributed by atoms with E-state index in [2.05, 4.69) is 20.7 Å². The summed E-state index contributed by atoms with van der Waals surface area (Å²) in [6.45, 7) is 2.20. The van der Waals surface area contributed by atoms with Gasteiger partial charge in [-0.25, -0.2) is 4.39 Å². The van der Waals surface area contributed by atoms with Crippen LogP contribution >= 0.6 is 0 Å². The van der Waals surface area contributed by atoms with Crippen molar-refractivity contribution in [2.75, 3.05) is 19.0 Å². The van der Waals surface area contributed by atoms with Gasteiger partial charge in [0.2, 0.25) is 11.7 Å². The Hall–Kier alpha value is -3.49. The maximum atomic E-state index is 13.2. The van der Waals surface area contributed by atoms with E-state index in [4.69, 9.17) is 9.47 Å². The highest BCUT2D eigenvalue weighted by Gasteiger charge is 2.13. The van der Waals surface area contributed by atoms with Gasteiger partial charge in [-0.2, -0.15) is 4.80 Å². The van der Waals surface area contributed by atoms with Crippen LogP contribution in [0.4, 0.5) is 10.1 Å². The van der Waals surface area contributed by atoms with Crippen molar-refractivity contribution < 1.29 is 18.7 Å². The number of carbonyl (C=O) groups is 1. The first-order valence-electron chi connectivity index (χ1n) is 8.23. The van der Waals surface area contributed by atoms with E-state index in [1.54, 1.807) is 31.4 Å². The van der Waals surface area contributed by atoms with Crippen molar-refractivity contribution in [3.05, 3.63) is 48.3 Å². The maximum Gasteiger partial charge on any atom is 0.248 e. The third-order valence-electron chi connectivity index (χ3n) is 3.57. The molecule has 0 bridgehead atoms. The fourth-order valence-corrected chi connectivity index (χ4v) is 2.41. The Labute approximate surface area is 154 Å². The molecule has 8 nitrogen and oxygen atoms in total. The van der Waals surface area contributed by atoms with Gasteiger partial charge < -0.3 is 14.8 Å². The molecule has 140 valence electrons. The average molecular weight is 371 g/mol. The first kappa shape index (κ1) is 18.3. The zero-order chi connectivity index (χ0) is 19.2. The van der Waals surface area contributed by atoms with Crippen molar-refractivity contribution in [2.24, 2.45) is 0 Å². The lowest BCUT2D eigenvalue weighted by atomic mass is 10.2. The second-order valence-electron chi connectivity index (χ2n) is 5.50. The predicted octanol–water partition coefficient (Wildman–Crippen LogP) is 2.53. The monoisotopic (exact) mass is 371 g/mol. The van der Waals surface area contributed by atoms with Crippen LogP contribution in [-0.4, -0.2) is 39.8 Å². The van der Waals surface area contributed by atoms with Crippen molar-refractivity contribution in [2.45, 2.75) is 13.5 Å². The molecule has 9 heteroatoms. The van der Waals surface area contributed by atoms with E-state index in [1.165, 1.54) is 18.2 Å². The molecule has 3 aromatic rings. The molecule has 1 heterocycles. The van der Waals surface area contributed by atoms with E-state index in [1.807, 2.05) is 6.92 Å². The average Bonchev–Trinajstić information content (AvgIpc) is 3.10. The van der Waals surface area contributed by atoms with Gasteiger partial charge in [-0.05, 0) is 48.5 Å². The summed E-state index contributed by atoms with van der Waals surface area (Å²) in [4.78, 5) is 13.2. The van der Waals surface area contributed by atoms with Gasteiger partial charge in [-0.1, -0.05) is 6.07 Å². The van der Waals surface area contributed by atoms with Crippen LogP contribution in [0.3, 0.4) is 0 Å². The lowest BCUT2D eigenvalue weighted by molar-refractivity contribution is -0.117. The molecule has 0 aliphatic carbocycles. The normalized spacial score (nSPS) is 10.5. The summed E-state index contributed by atoms with van der Waals surface area (Å²) in [5.74, 6) is 0.685. The minimum atomic E-state index is -0.432. The molecule has 2 aromatic carbocycles. The Kier molecular flexibility index (Phi) is 5.60. The highest BCUT2D eigenvalue weighted by molar-refractivity contribution is 5.90. The number of hydrogen-bond acceptors (Lipinski definition) is 6. The smallest absolute Gasteiger partial charge is 0.248 e. The number of methoxy groups -OCH3 is 1. The number of ether oxygens (including phenoxy) is 2. The minimum absolute atomic E-state index is 0.155. The van der Waals surface area contributed by atoms with Gasteiger partial charge in [0.25, 0.3) is 0 Å². The number of rotatable bonds is 7. The summed E-state index contributed by atoms with van der Waals surface area (Å²) >= 11 is 0. The van der Waals surface area contributed by atoms with Crippen LogP contribution in [0, 0.1) is 5.82 Å². The van der Waals surface area contributed by atoms with Crippen molar-refractivity contribution in [1.82, 2.24) is 20.2 Å². The second kappa shape index (κ2) is 8.26. The molecule has 0 unspecified atom stereocenters. The van der Waals surface area contributed by atoms with Gasteiger partial charge in [-0.3, -0.25) is 4.79 Å². The van der Waals surface area contributed by atoms with Gasteiger partial charge in [0.15, 0.2) is 11.5 Å². The number of halogens is 1. The molecule has 0 aliphatic heterocycles. The SMILES string of the molecule is CCOc1cc(-c2nnn(CC(=O)Nc3cccc(F)c3)n2)ccc1OC. The highest BCUT2D eigenvalue weighted by Crippen LogP contribution is 2.31. The van der Waals surface area contributed by atoms with Gasteiger partial charge in [0.05, 0.1) is 13.7 Å². The van der Waals surface area contributed by atoms with Crippen LogP contribution in [0.2, 0.25) is 0 Å². The van der Waals surface area contributed by atoms with E-state index >= 15 is 0 Å². The van der Waals surface area contributed by atoms with Crippen LogP contribution in [0.15, 0.2) is 42.5 Å². The van der Waals surface area contributed by atoms with E-state index in [0.717, 1.165) is 4.80 Å². The number of carbonyl (C=O) groups excluding carboxylic acids is 1. The number of aromatic nitrogens is 4. The Bertz CT molecular complexity index is 944. The summed E-state index contributed by atoms with van der Waals surface area (Å²) in [5.41, 5.74) is 1.04. The van der Waals surface area contributed by atoms with Crippen LogP contribution in [0.5, 0.6) is 11.5 Å². The zero-order valence-corrected chi connectivity index (χ0v) is 14.8. The van der Waals surface area contributed by atoms with Crippen LogP contribution < -0.4 is 14.8 Å².